The molecule has 1 aliphatic rings. The lowest BCUT2D eigenvalue weighted by Crippen LogP contribution is -2.55. The van der Waals surface area contributed by atoms with E-state index < -0.39 is 0 Å². The van der Waals surface area contributed by atoms with Crippen LogP contribution in [-0.4, -0.2) is 27.4 Å². The molecule has 2 unspecified atom stereocenters. The molecule has 1 fully saturated rings. The van der Waals surface area contributed by atoms with Crippen molar-refractivity contribution in [1.29, 1.82) is 0 Å². The number of aliphatic hydroxyl groups excluding tert-OH is 1. The van der Waals surface area contributed by atoms with Crippen molar-refractivity contribution in [2.75, 3.05) is 6.61 Å². The number of nitrogens with zero attached hydrogens (tertiary/aromatic N) is 2. The van der Waals surface area contributed by atoms with Gasteiger partial charge in [0.2, 0.25) is 0 Å². The Labute approximate surface area is 136 Å². The summed E-state index contributed by atoms with van der Waals surface area (Å²) in [5.74, 6) is 1.61. The largest absolute Gasteiger partial charge is 0.472 e. The van der Waals surface area contributed by atoms with Crippen molar-refractivity contribution in [3.05, 3.63) is 24.4 Å². The number of hydrogen-bond acceptors (Lipinski definition) is 6. The zero-order valence-corrected chi connectivity index (χ0v) is 14.0. The molecule has 2 heterocycles. The average Bonchev–Trinajstić information content (AvgIpc) is 3.14. The van der Waals surface area contributed by atoms with Crippen LogP contribution < -0.4 is 5.32 Å². The first kappa shape index (κ1) is 16.2. The smallest absolute Gasteiger partial charge is 0.261 e. The maximum absolute atomic E-state index is 9.99. The Balaban J connectivity index is 1.68. The molecule has 3 rings (SSSR count). The predicted octanol–water partition coefficient (Wildman–Crippen LogP) is 3.00. The molecule has 0 saturated heterocycles. The van der Waals surface area contributed by atoms with Gasteiger partial charge in [-0.1, -0.05) is 25.9 Å². The average molecular weight is 319 g/mol. The van der Waals surface area contributed by atoms with Crippen LogP contribution in [0.15, 0.2) is 27.5 Å². The number of nitrogens with one attached hydrogen (secondary N) is 1. The van der Waals surface area contributed by atoms with E-state index in [-0.39, 0.29) is 17.6 Å². The molecule has 0 radical (unpaired) electrons. The summed E-state index contributed by atoms with van der Waals surface area (Å²) in [5.41, 5.74) is 0.706. The lowest BCUT2D eigenvalue weighted by Gasteiger charge is -2.47. The van der Waals surface area contributed by atoms with Crippen LogP contribution in [0, 0.1) is 11.3 Å². The molecule has 0 aromatic carbocycles. The third-order valence-corrected chi connectivity index (χ3v) is 4.62. The van der Waals surface area contributed by atoms with Gasteiger partial charge in [0.15, 0.2) is 5.82 Å². The number of rotatable bonds is 5. The molecule has 0 spiro atoms. The highest BCUT2D eigenvalue weighted by Gasteiger charge is 2.42. The van der Waals surface area contributed by atoms with E-state index >= 15 is 0 Å². The molecule has 2 atom stereocenters. The summed E-state index contributed by atoms with van der Waals surface area (Å²) in [7, 11) is 0. The van der Waals surface area contributed by atoms with E-state index in [0.29, 0.717) is 24.2 Å². The minimum Gasteiger partial charge on any atom is -0.472 e. The SMILES string of the molecule is CC1CC(C)(C)CC(CO)(NCc2noc(-c3ccoc3)n2)C1. The van der Waals surface area contributed by atoms with Crippen LogP contribution in [0.3, 0.4) is 0 Å². The monoisotopic (exact) mass is 319 g/mol. The van der Waals surface area contributed by atoms with Crippen LogP contribution in [0.25, 0.3) is 11.5 Å². The molecule has 126 valence electrons. The van der Waals surface area contributed by atoms with Crippen LogP contribution in [0.4, 0.5) is 0 Å². The molecular weight excluding hydrogens is 294 g/mol. The third-order valence-electron chi connectivity index (χ3n) is 4.62. The first-order chi connectivity index (χ1) is 10.9. The van der Waals surface area contributed by atoms with E-state index in [0.717, 1.165) is 18.4 Å². The topological polar surface area (TPSA) is 84.3 Å². The fourth-order valence-electron chi connectivity index (χ4n) is 4.15. The minimum absolute atomic E-state index is 0.118. The van der Waals surface area contributed by atoms with Gasteiger partial charge >= 0.3 is 0 Å². The van der Waals surface area contributed by atoms with E-state index in [2.05, 4.69) is 36.2 Å². The summed E-state index contributed by atoms with van der Waals surface area (Å²) in [6, 6.07) is 1.78. The standard InChI is InChI=1S/C17H25N3O3/c1-12-6-16(2,3)10-17(7-12,11-21)18-8-14-19-15(23-20-14)13-4-5-22-9-13/h4-5,9,12,18,21H,6-8,10-11H2,1-3H3. The molecule has 2 N–H and O–H groups in total. The van der Waals surface area contributed by atoms with Gasteiger partial charge in [-0.05, 0) is 36.7 Å². The highest BCUT2D eigenvalue weighted by Crippen LogP contribution is 2.43. The number of furan rings is 1. The molecule has 0 bridgehead atoms. The molecular formula is C17H25N3O3. The maximum Gasteiger partial charge on any atom is 0.261 e. The summed E-state index contributed by atoms with van der Waals surface area (Å²) >= 11 is 0. The Morgan fingerprint density at radius 2 is 2.22 bits per heavy atom. The summed E-state index contributed by atoms with van der Waals surface area (Å²) in [4.78, 5) is 4.38. The highest BCUT2D eigenvalue weighted by atomic mass is 16.5. The van der Waals surface area contributed by atoms with Crippen molar-refractivity contribution in [1.82, 2.24) is 15.5 Å². The van der Waals surface area contributed by atoms with Crippen LogP contribution in [0.5, 0.6) is 0 Å². The second-order valence-electron chi connectivity index (χ2n) is 7.67. The van der Waals surface area contributed by atoms with Gasteiger partial charge in [0.05, 0.1) is 25.0 Å². The lowest BCUT2D eigenvalue weighted by molar-refractivity contribution is 0.0347. The fraction of sp³-hybridized carbons (Fsp3) is 0.647. The summed E-state index contributed by atoms with van der Waals surface area (Å²) in [6.45, 7) is 7.37. The second-order valence-corrected chi connectivity index (χ2v) is 7.67. The number of hydrogen-bond donors (Lipinski definition) is 2. The van der Waals surface area contributed by atoms with E-state index in [9.17, 15) is 5.11 Å². The first-order valence-electron chi connectivity index (χ1n) is 8.12. The van der Waals surface area contributed by atoms with Crippen LogP contribution >= 0.6 is 0 Å². The molecule has 0 aliphatic heterocycles. The Kier molecular flexibility index (Phi) is 4.29. The molecule has 0 amide bonds. The Morgan fingerprint density at radius 3 is 2.87 bits per heavy atom. The van der Waals surface area contributed by atoms with E-state index in [1.54, 1.807) is 18.6 Å². The van der Waals surface area contributed by atoms with E-state index in [4.69, 9.17) is 8.94 Å². The van der Waals surface area contributed by atoms with Crippen molar-refractivity contribution < 1.29 is 14.0 Å². The Bertz CT molecular complexity index is 635. The zero-order valence-electron chi connectivity index (χ0n) is 14.0. The lowest BCUT2D eigenvalue weighted by atomic mass is 9.64. The Morgan fingerprint density at radius 1 is 1.39 bits per heavy atom. The Hall–Kier alpha value is -1.66. The van der Waals surface area contributed by atoms with Crippen molar-refractivity contribution >= 4 is 0 Å². The van der Waals surface area contributed by atoms with Crippen molar-refractivity contribution in [2.24, 2.45) is 11.3 Å². The predicted molar refractivity (Wildman–Crippen MR) is 85.5 cm³/mol. The van der Waals surface area contributed by atoms with Crippen LogP contribution in [0.2, 0.25) is 0 Å². The van der Waals surface area contributed by atoms with Crippen LogP contribution in [-0.2, 0) is 6.54 Å². The van der Waals surface area contributed by atoms with Gasteiger partial charge in [-0.2, -0.15) is 4.98 Å². The van der Waals surface area contributed by atoms with Gasteiger partial charge in [0.1, 0.15) is 6.26 Å². The van der Waals surface area contributed by atoms with Gasteiger partial charge in [-0.15, -0.1) is 0 Å². The van der Waals surface area contributed by atoms with Gasteiger partial charge < -0.3 is 19.4 Å². The van der Waals surface area contributed by atoms with Gasteiger partial charge in [0, 0.05) is 5.54 Å². The first-order valence-corrected chi connectivity index (χ1v) is 8.12. The summed E-state index contributed by atoms with van der Waals surface area (Å²) < 4.78 is 10.3. The van der Waals surface area contributed by atoms with Crippen molar-refractivity contribution in [3.63, 3.8) is 0 Å². The molecule has 2 aromatic rings. The van der Waals surface area contributed by atoms with Gasteiger partial charge in [-0.25, -0.2) is 0 Å². The normalized spacial score (nSPS) is 27.2. The number of aliphatic hydroxyl groups is 1. The summed E-state index contributed by atoms with van der Waals surface area (Å²) in [5, 5.41) is 17.5. The van der Waals surface area contributed by atoms with E-state index in [1.807, 2.05) is 0 Å². The fourth-order valence-corrected chi connectivity index (χ4v) is 4.15. The molecule has 1 saturated carbocycles. The molecule has 2 aromatic heterocycles. The zero-order chi connectivity index (χ0) is 16.5. The molecule has 1 aliphatic carbocycles. The second kappa shape index (κ2) is 6.09. The van der Waals surface area contributed by atoms with Crippen LogP contribution in [0.1, 0.15) is 45.9 Å². The summed E-state index contributed by atoms with van der Waals surface area (Å²) in [6.07, 6.45) is 6.23. The molecule has 6 heteroatoms. The quantitative estimate of drug-likeness (QED) is 0.881. The highest BCUT2D eigenvalue weighted by molar-refractivity contribution is 5.49. The van der Waals surface area contributed by atoms with Gasteiger partial charge in [0.25, 0.3) is 5.89 Å². The van der Waals surface area contributed by atoms with E-state index in [1.165, 1.54) is 6.42 Å². The van der Waals surface area contributed by atoms with Crippen molar-refractivity contribution in [3.8, 4) is 11.5 Å². The van der Waals surface area contributed by atoms with Crippen molar-refractivity contribution in [2.45, 2.75) is 52.1 Å². The minimum atomic E-state index is -0.280. The molecule has 23 heavy (non-hydrogen) atoms. The third kappa shape index (κ3) is 3.64. The maximum atomic E-state index is 9.99. The number of aromatic nitrogens is 2. The van der Waals surface area contributed by atoms with Gasteiger partial charge in [-0.3, -0.25) is 0 Å². The molecule has 6 nitrogen and oxygen atoms in total.